The Morgan fingerprint density at radius 1 is 1.24 bits per heavy atom. The van der Waals surface area contributed by atoms with Crippen molar-refractivity contribution in [3.05, 3.63) is 47.8 Å². The standard InChI is InChI=1S/C13H14N4/c1-9-7-14-10(2)17(9)8-13-15-11-5-3-4-6-12(11)16-13/h3-7H,8H2,1-2H3,(H,15,16). The topological polar surface area (TPSA) is 46.5 Å². The predicted octanol–water partition coefficient (Wildman–Crippen LogP) is 2.42. The fraction of sp³-hybridized carbons (Fsp3) is 0.231. The highest BCUT2D eigenvalue weighted by Gasteiger charge is 2.06. The van der Waals surface area contributed by atoms with Crippen LogP contribution in [0.3, 0.4) is 0 Å². The molecule has 0 amide bonds. The molecule has 1 N–H and O–H groups in total. The summed E-state index contributed by atoms with van der Waals surface area (Å²) in [6.45, 7) is 4.81. The lowest BCUT2D eigenvalue weighted by atomic mass is 10.3. The Morgan fingerprint density at radius 2 is 2.06 bits per heavy atom. The van der Waals surface area contributed by atoms with Crippen LogP contribution in [-0.4, -0.2) is 19.5 Å². The molecule has 0 radical (unpaired) electrons. The molecule has 0 unspecified atom stereocenters. The third kappa shape index (κ3) is 1.71. The summed E-state index contributed by atoms with van der Waals surface area (Å²) in [5.41, 5.74) is 3.25. The van der Waals surface area contributed by atoms with Gasteiger partial charge in [-0.15, -0.1) is 0 Å². The van der Waals surface area contributed by atoms with Gasteiger partial charge in [0.25, 0.3) is 0 Å². The average Bonchev–Trinajstić information content (AvgIpc) is 2.87. The Labute approximate surface area is 99.3 Å². The van der Waals surface area contributed by atoms with E-state index in [1.54, 1.807) is 0 Å². The van der Waals surface area contributed by atoms with Gasteiger partial charge in [0, 0.05) is 11.9 Å². The zero-order chi connectivity index (χ0) is 11.8. The summed E-state index contributed by atoms with van der Waals surface area (Å²) < 4.78 is 2.15. The van der Waals surface area contributed by atoms with E-state index >= 15 is 0 Å². The molecule has 0 fully saturated rings. The van der Waals surface area contributed by atoms with Crippen molar-refractivity contribution in [3.63, 3.8) is 0 Å². The van der Waals surface area contributed by atoms with Crippen LogP contribution in [0, 0.1) is 13.8 Å². The van der Waals surface area contributed by atoms with E-state index in [0.717, 1.165) is 34.9 Å². The quantitative estimate of drug-likeness (QED) is 0.729. The third-order valence-electron chi connectivity index (χ3n) is 3.00. The molecule has 0 saturated carbocycles. The van der Waals surface area contributed by atoms with Crippen LogP contribution in [0.2, 0.25) is 0 Å². The van der Waals surface area contributed by atoms with Crippen molar-refractivity contribution < 1.29 is 0 Å². The van der Waals surface area contributed by atoms with Crippen molar-refractivity contribution in [3.8, 4) is 0 Å². The average molecular weight is 226 g/mol. The summed E-state index contributed by atoms with van der Waals surface area (Å²) >= 11 is 0. The van der Waals surface area contributed by atoms with Gasteiger partial charge in [-0.2, -0.15) is 0 Å². The maximum Gasteiger partial charge on any atom is 0.127 e. The van der Waals surface area contributed by atoms with Gasteiger partial charge in [0.1, 0.15) is 11.6 Å². The second kappa shape index (κ2) is 3.73. The van der Waals surface area contributed by atoms with E-state index in [-0.39, 0.29) is 0 Å². The monoisotopic (exact) mass is 226 g/mol. The van der Waals surface area contributed by atoms with Gasteiger partial charge in [-0.1, -0.05) is 12.1 Å². The molecule has 1 aromatic carbocycles. The molecule has 0 saturated heterocycles. The molecule has 4 nitrogen and oxygen atoms in total. The zero-order valence-electron chi connectivity index (χ0n) is 9.94. The number of hydrogen-bond donors (Lipinski definition) is 1. The number of para-hydroxylation sites is 2. The van der Waals surface area contributed by atoms with Gasteiger partial charge in [-0.25, -0.2) is 9.97 Å². The number of hydrogen-bond acceptors (Lipinski definition) is 2. The fourth-order valence-corrected chi connectivity index (χ4v) is 2.05. The normalized spacial score (nSPS) is 11.2. The molecule has 0 aliphatic rings. The van der Waals surface area contributed by atoms with Gasteiger partial charge in [0.15, 0.2) is 0 Å². The van der Waals surface area contributed by atoms with Gasteiger partial charge in [0.05, 0.1) is 17.6 Å². The van der Waals surface area contributed by atoms with E-state index in [1.165, 1.54) is 0 Å². The van der Waals surface area contributed by atoms with Gasteiger partial charge in [0.2, 0.25) is 0 Å². The molecular weight excluding hydrogens is 212 g/mol. The summed E-state index contributed by atoms with van der Waals surface area (Å²) in [6.07, 6.45) is 1.89. The summed E-state index contributed by atoms with van der Waals surface area (Å²) in [6, 6.07) is 8.07. The number of aromatic amines is 1. The predicted molar refractivity (Wildman–Crippen MR) is 66.9 cm³/mol. The van der Waals surface area contributed by atoms with Crippen molar-refractivity contribution in [2.75, 3.05) is 0 Å². The number of aryl methyl sites for hydroxylation is 2. The zero-order valence-corrected chi connectivity index (χ0v) is 9.94. The van der Waals surface area contributed by atoms with E-state index in [2.05, 4.69) is 26.4 Å². The number of nitrogens with one attached hydrogen (secondary N) is 1. The van der Waals surface area contributed by atoms with Crippen LogP contribution < -0.4 is 0 Å². The van der Waals surface area contributed by atoms with Crippen molar-refractivity contribution >= 4 is 11.0 Å². The van der Waals surface area contributed by atoms with Crippen molar-refractivity contribution in [1.82, 2.24) is 19.5 Å². The minimum absolute atomic E-state index is 0.742. The molecular formula is C13H14N4. The first-order valence-corrected chi connectivity index (χ1v) is 5.66. The summed E-state index contributed by atoms with van der Waals surface area (Å²) in [4.78, 5) is 12.2. The number of benzene rings is 1. The maximum atomic E-state index is 4.57. The van der Waals surface area contributed by atoms with Crippen LogP contribution in [0.1, 0.15) is 17.3 Å². The summed E-state index contributed by atoms with van der Waals surface area (Å²) in [7, 11) is 0. The van der Waals surface area contributed by atoms with Gasteiger partial charge in [-0.3, -0.25) is 0 Å². The number of H-pyrrole nitrogens is 1. The molecule has 2 heterocycles. The van der Waals surface area contributed by atoms with Crippen molar-refractivity contribution in [1.29, 1.82) is 0 Å². The van der Waals surface area contributed by atoms with Crippen LogP contribution in [0.15, 0.2) is 30.5 Å². The highest BCUT2D eigenvalue weighted by Crippen LogP contribution is 2.12. The highest BCUT2D eigenvalue weighted by atomic mass is 15.1. The molecule has 17 heavy (non-hydrogen) atoms. The van der Waals surface area contributed by atoms with Crippen LogP contribution >= 0.6 is 0 Å². The highest BCUT2D eigenvalue weighted by molar-refractivity contribution is 5.74. The maximum absolute atomic E-state index is 4.57. The van der Waals surface area contributed by atoms with E-state index in [9.17, 15) is 0 Å². The molecule has 86 valence electrons. The largest absolute Gasteiger partial charge is 0.340 e. The van der Waals surface area contributed by atoms with Crippen LogP contribution in [0.5, 0.6) is 0 Å². The lowest BCUT2D eigenvalue weighted by molar-refractivity contribution is 0.709. The Bertz CT molecular complexity index is 610. The SMILES string of the molecule is Cc1cnc(C)n1Cc1nc2ccccc2[nH]1. The first kappa shape index (κ1) is 10.1. The first-order valence-electron chi connectivity index (χ1n) is 5.66. The molecule has 0 atom stereocenters. The molecule has 0 aliphatic heterocycles. The molecule has 0 aliphatic carbocycles. The van der Waals surface area contributed by atoms with Crippen molar-refractivity contribution in [2.45, 2.75) is 20.4 Å². The van der Waals surface area contributed by atoms with Gasteiger partial charge in [-0.05, 0) is 26.0 Å². The number of nitrogens with zero attached hydrogens (tertiary/aromatic N) is 3. The summed E-state index contributed by atoms with van der Waals surface area (Å²) in [5, 5.41) is 0. The van der Waals surface area contributed by atoms with Crippen molar-refractivity contribution in [2.24, 2.45) is 0 Å². The second-order valence-electron chi connectivity index (χ2n) is 4.23. The number of fused-ring (bicyclic) bond motifs is 1. The van der Waals surface area contributed by atoms with Gasteiger partial charge >= 0.3 is 0 Å². The van der Waals surface area contributed by atoms with E-state index in [4.69, 9.17) is 0 Å². The molecule has 3 rings (SSSR count). The fourth-order valence-electron chi connectivity index (χ4n) is 2.05. The smallest absolute Gasteiger partial charge is 0.127 e. The molecule has 4 heteroatoms. The van der Waals surface area contributed by atoms with Gasteiger partial charge < -0.3 is 9.55 Å². The minimum atomic E-state index is 0.742. The van der Waals surface area contributed by atoms with Crippen LogP contribution in [0.25, 0.3) is 11.0 Å². The minimum Gasteiger partial charge on any atom is -0.340 e. The summed E-state index contributed by atoms with van der Waals surface area (Å²) in [5.74, 6) is 1.98. The molecule has 3 aromatic rings. The number of rotatable bonds is 2. The Hall–Kier alpha value is -2.10. The third-order valence-corrected chi connectivity index (χ3v) is 3.00. The van der Waals surface area contributed by atoms with E-state index < -0.39 is 0 Å². The number of imidazole rings is 2. The molecule has 2 aromatic heterocycles. The lowest BCUT2D eigenvalue weighted by Crippen LogP contribution is -2.05. The van der Waals surface area contributed by atoms with Crippen LogP contribution in [-0.2, 0) is 6.54 Å². The Balaban J connectivity index is 2.00. The lowest BCUT2D eigenvalue weighted by Gasteiger charge is -2.04. The molecule has 0 bridgehead atoms. The van der Waals surface area contributed by atoms with E-state index in [1.807, 2.05) is 37.4 Å². The second-order valence-corrected chi connectivity index (χ2v) is 4.23. The Kier molecular flexibility index (Phi) is 2.21. The Morgan fingerprint density at radius 3 is 2.76 bits per heavy atom. The first-order chi connectivity index (χ1) is 8.24. The molecule has 0 spiro atoms. The van der Waals surface area contributed by atoms with Crippen LogP contribution in [0.4, 0.5) is 0 Å². The number of aromatic nitrogens is 4. The van der Waals surface area contributed by atoms with E-state index in [0.29, 0.717) is 0 Å².